The van der Waals surface area contributed by atoms with Crippen LogP contribution in [0.15, 0.2) is 61.2 Å². The van der Waals surface area contributed by atoms with E-state index in [2.05, 4.69) is 35.8 Å². The maximum Gasteiger partial charge on any atom is 2.00 e. The van der Waals surface area contributed by atoms with Crippen molar-refractivity contribution in [2.24, 2.45) is 7.05 Å². The number of nitrogens with one attached hydrogen (secondary N) is 1. The summed E-state index contributed by atoms with van der Waals surface area (Å²) in [5.74, 6) is 1.06. The summed E-state index contributed by atoms with van der Waals surface area (Å²) in [6.07, 6.45) is 7.49. The third-order valence-corrected chi connectivity index (χ3v) is 4.03. The fraction of sp³-hybridized carbons (Fsp3) is 0.333. The zero-order valence-electron chi connectivity index (χ0n) is 20.8. The molecular formula is C21H27Cl2CuN7O8. The molecule has 0 saturated heterocycles. The standard InChI is InChI=1S/C19H24N6.C2H3N.2ClHO4.Cu/c1-24-12-11-23-19(24)16-25(15-18-7-3-5-9-22-18)13-10-20-14-17-6-2-4-8-21-17;1-2-3;2*2-1(3,4)5;/h2-9,11-12,20H,10,13-16H2,1H3;1H3;2*(H,2,3,4,5);/q;;;;+2/p-2. The van der Waals surface area contributed by atoms with E-state index < -0.39 is 20.5 Å². The Morgan fingerprint density at radius 1 is 0.846 bits per heavy atom. The van der Waals surface area contributed by atoms with Crippen LogP contribution in [0.3, 0.4) is 0 Å². The Morgan fingerprint density at radius 2 is 1.33 bits per heavy atom. The maximum absolute atomic E-state index is 8.49. The molecule has 15 nitrogen and oxygen atoms in total. The number of nitrogens with zero attached hydrogens (tertiary/aromatic N) is 6. The van der Waals surface area contributed by atoms with Crippen LogP contribution in [0.25, 0.3) is 0 Å². The normalized spacial score (nSPS) is 10.4. The number of imidazole rings is 1. The van der Waals surface area contributed by atoms with E-state index in [1.54, 1.807) is 6.07 Å². The zero-order chi connectivity index (χ0) is 29.0. The third-order valence-electron chi connectivity index (χ3n) is 4.03. The van der Waals surface area contributed by atoms with E-state index in [9.17, 15) is 0 Å². The smallest absolute Gasteiger partial charge is 0.337 e. The molecule has 0 aliphatic carbocycles. The van der Waals surface area contributed by atoms with Crippen LogP contribution in [-0.4, -0.2) is 37.5 Å². The summed E-state index contributed by atoms with van der Waals surface area (Å²) >= 11 is 0. The minimum Gasteiger partial charge on any atom is -0.337 e. The molecule has 3 rings (SSSR count). The van der Waals surface area contributed by atoms with E-state index in [1.165, 1.54) is 6.92 Å². The third kappa shape index (κ3) is 27.1. The molecule has 18 heteroatoms. The first kappa shape index (κ1) is 38.8. The van der Waals surface area contributed by atoms with E-state index in [0.29, 0.717) is 0 Å². The molecule has 3 aromatic rings. The van der Waals surface area contributed by atoms with Crippen molar-refractivity contribution in [3.63, 3.8) is 0 Å². The van der Waals surface area contributed by atoms with Gasteiger partial charge in [0.2, 0.25) is 0 Å². The van der Waals surface area contributed by atoms with Crippen molar-refractivity contribution in [3.05, 3.63) is 78.4 Å². The Kier molecular flexibility index (Phi) is 21.4. The fourth-order valence-corrected chi connectivity index (χ4v) is 2.64. The molecule has 0 unspecified atom stereocenters. The molecule has 1 N–H and O–H groups in total. The number of nitriles is 1. The molecule has 1 radical (unpaired) electrons. The minimum absolute atomic E-state index is 0. The summed E-state index contributed by atoms with van der Waals surface area (Å²) < 4.78 is 70.0. The Bertz CT molecular complexity index is 1010. The molecule has 0 aromatic carbocycles. The Morgan fingerprint density at radius 3 is 1.74 bits per heavy atom. The second-order valence-corrected chi connectivity index (χ2v) is 8.48. The summed E-state index contributed by atoms with van der Waals surface area (Å²) in [6.45, 7) is 5.61. The summed E-state index contributed by atoms with van der Waals surface area (Å²) in [4.78, 5) is 15.6. The van der Waals surface area contributed by atoms with Gasteiger partial charge in [-0.2, -0.15) is 5.26 Å². The predicted molar refractivity (Wildman–Crippen MR) is 109 cm³/mol. The first-order valence-electron chi connectivity index (χ1n) is 10.5. The zero-order valence-corrected chi connectivity index (χ0v) is 23.3. The van der Waals surface area contributed by atoms with Crippen LogP contribution in [0.5, 0.6) is 0 Å². The maximum atomic E-state index is 8.49. The topological polar surface area (TPSA) is 267 Å². The molecule has 0 aliphatic rings. The van der Waals surface area contributed by atoms with Gasteiger partial charge >= 0.3 is 17.1 Å². The number of hydrogen-bond donors (Lipinski definition) is 1. The molecule has 39 heavy (non-hydrogen) atoms. The van der Waals surface area contributed by atoms with Gasteiger partial charge in [-0.1, -0.05) is 12.1 Å². The van der Waals surface area contributed by atoms with Gasteiger partial charge in [-0.3, -0.25) is 14.9 Å². The molecule has 0 atom stereocenters. The van der Waals surface area contributed by atoms with Gasteiger partial charge in [0.25, 0.3) is 0 Å². The molecule has 3 aromatic heterocycles. The number of aryl methyl sites for hydroxylation is 1. The fourth-order valence-electron chi connectivity index (χ4n) is 2.64. The van der Waals surface area contributed by atoms with Crippen molar-refractivity contribution in [3.8, 4) is 6.07 Å². The SMILES string of the molecule is CC#N.Cn1ccnc1CN(CCNCc1ccccn1)Cc1ccccn1.[Cu+2].[O-][Cl+3]([O-])([O-])[O-].[O-][Cl+3]([O-])([O-])[O-]. The van der Waals surface area contributed by atoms with Crippen molar-refractivity contribution >= 4 is 0 Å². The van der Waals surface area contributed by atoms with E-state index in [4.69, 9.17) is 42.5 Å². The number of aromatic nitrogens is 4. The van der Waals surface area contributed by atoms with Gasteiger partial charge in [0.05, 0.1) is 24.0 Å². The summed E-state index contributed by atoms with van der Waals surface area (Å²) in [5.41, 5.74) is 2.13. The van der Waals surface area contributed by atoms with Crippen molar-refractivity contribution in [1.29, 1.82) is 5.26 Å². The quantitative estimate of drug-likeness (QED) is 0.168. The molecule has 0 amide bonds. The molecule has 0 bridgehead atoms. The molecule has 0 spiro atoms. The molecule has 0 saturated carbocycles. The molecular weight excluding hydrogens is 613 g/mol. The van der Waals surface area contributed by atoms with E-state index in [0.717, 1.165) is 49.9 Å². The van der Waals surface area contributed by atoms with Crippen molar-refractivity contribution in [2.75, 3.05) is 13.1 Å². The first-order chi connectivity index (χ1) is 17.7. The van der Waals surface area contributed by atoms with E-state index in [-0.39, 0.29) is 17.1 Å². The van der Waals surface area contributed by atoms with E-state index in [1.807, 2.05) is 62.2 Å². The van der Waals surface area contributed by atoms with Gasteiger partial charge in [0, 0.05) is 64.9 Å². The average Bonchev–Trinajstić information content (AvgIpc) is 3.20. The van der Waals surface area contributed by atoms with Gasteiger partial charge in [-0.25, -0.2) is 42.3 Å². The van der Waals surface area contributed by atoms with Crippen LogP contribution >= 0.6 is 0 Å². The average molecular weight is 640 g/mol. The summed E-state index contributed by atoms with van der Waals surface area (Å²) in [5, 5.41) is 10.8. The van der Waals surface area contributed by atoms with Gasteiger partial charge < -0.3 is 9.88 Å². The number of halogens is 2. The Labute approximate surface area is 240 Å². The number of pyridine rings is 2. The molecule has 219 valence electrons. The summed E-state index contributed by atoms with van der Waals surface area (Å²) in [6, 6.07) is 13.8. The van der Waals surface area contributed by atoms with Crippen LogP contribution in [-0.2, 0) is 43.8 Å². The van der Waals surface area contributed by atoms with Crippen LogP contribution in [0.1, 0.15) is 24.1 Å². The second kappa shape index (κ2) is 21.5. The van der Waals surface area contributed by atoms with Crippen LogP contribution < -0.4 is 42.6 Å². The predicted octanol–water partition coefficient (Wildman–Crippen LogP) is -6.98. The first-order valence-corrected chi connectivity index (χ1v) is 12.9. The Balaban J connectivity index is 0. The largest absolute Gasteiger partial charge is 2.00 e. The van der Waals surface area contributed by atoms with Gasteiger partial charge in [-0.05, 0) is 24.3 Å². The van der Waals surface area contributed by atoms with Gasteiger partial charge in [0.1, 0.15) is 5.82 Å². The monoisotopic (exact) mass is 638 g/mol. The van der Waals surface area contributed by atoms with Crippen molar-refractivity contribution in [2.45, 2.75) is 26.6 Å². The molecule has 0 aliphatic heterocycles. The summed E-state index contributed by atoms with van der Waals surface area (Å²) in [7, 11) is -7.86. The number of hydrogen-bond acceptors (Lipinski definition) is 14. The van der Waals surface area contributed by atoms with Crippen LogP contribution in [0, 0.1) is 31.8 Å². The van der Waals surface area contributed by atoms with Gasteiger partial charge in [0.15, 0.2) is 0 Å². The van der Waals surface area contributed by atoms with Crippen molar-refractivity contribution < 1.29 is 74.8 Å². The minimum atomic E-state index is -4.94. The van der Waals surface area contributed by atoms with Crippen LogP contribution in [0.4, 0.5) is 0 Å². The molecule has 3 heterocycles. The van der Waals surface area contributed by atoms with Crippen LogP contribution in [0.2, 0.25) is 0 Å². The molecule has 0 fully saturated rings. The second-order valence-electron chi connectivity index (χ2n) is 6.96. The van der Waals surface area contributed by atoms with Gasteiger partial charge in [-0.15, -0.1) is 20.5 Å². The van der Waals surface area contributed by atoms with E-state index >= 15 is 0 Å². The Hall–Kier alpha value is -2.30. The number of rotatable bonds is 9. The van der Waals surface area contributed by atoms with Crippen molar-refractivity contribution in [1.82, 2.24) is 29.7 Å².